The monoisotopic (exact) mass is 340 g/mol. The van der Waals surface area contributed by atoms with Gasteiger partial charge in [-0.25, -0.2) is 4.39 Å². The number of piperidine rings is 1. The Morgan fingerprint density at radius 2 is 2.00 bits per heavy atom. The van der Waals surface area contributed by atoms with Crippen molar-refractivity contribution in [3.63, 3.8) is 0 Å². The highest BCUT2D eigenvalue weighted by atomic mass is 35.5. The standard InChI is InChI=1S/C18H26ClFN2O/c1-18(12-23,13-5-6-13)21-14-7-9-22(10-8-14)11-15-16(19)3-2-4-17(15)20/h2-4,13-14,21,23H,5-12H2,1H3. The van der Waals surface area contributed by atoms with Crippen molar-refractivity contribution in [3.8, 4) is 0 Å². The molecule has 128 valence electrons. The fourth-order valence-corrected chi connectivity index (χ4v) is 3.84. The Morgan fingerprint density at radius 1 is 1.30 bits per heavy atom. The van der Waals surface area contributed by atoms with Gasteiger partial charge in [0.1, 0.15) is 5.82 Å². The third-order valence-corrected chi connectivity index (χ3v) is 5.73. The van der Waals surface area contributed by atoms with E-state index in [1.54, 1.807) is 12.1 Å². The van der Waals surface area contributed by atoms with Crippen molar-refractivity contribution in [2.45, 2.75) is 50.7 Å². The molecule has 1 unspecified atom stereocenters. The number of aliphatic hydroxyl groups excluding tert-OH is 1. The maximum absolute atomic E-state index is 13.9. The van der Waals surface area contributed by atoms with Crippen LogP contribution < -0.4 is 5.32 Å². The van der Waals surface area contributed by atoms with Gasteiger partial charge in [-0.05, 0) is 63.7 Å². The van der Waals surface area contributed by atoms with Crippen molar-refractivity contribution in [1.82, 2.24) is 10.2 Å². The summed E-state index contributed by atoms with van der Waals surface area (Å²) >= 11 is 6.12. The Morgan fingerprint density at radius 3 is 2.57 bits per heavy atom. The Labute approximate surface area is 142 Å². The molecule has 23 heavy (non-hydrogen) atoms. The van der Waals surface area contributed by atoms with Crippen LogP contribution >= 0.6 is 11.6 Å². The molecule has 1 aliphatic carbocycles. The van der Waals surface area contributed by atoms with Crippen LogP contribution in [0.3, 0.4) is 0 Å². The predicted molar refractivity (Wildman–Crippen MR) is 91.1 cm³/mol. The number of hydrogen-bond acceptors (Lipinski definition) is 3. The fourth-order valence-electron chi connectivity index (χ4n) is 3.62. The second-order valence-corrected chi connectivity index (χ2v) is 7.65. The molecule has 1 aromatic carbocycles. The third-order valence-electron chi connectivity index (χ3n) is 5.37. The fraction of sp³-hybridized carbons (Fsp3) is 0.667. The smallest absolute Gasteiger partial charge is 0.129 e. The summed E-state index contributed by atoms with van der Waals surface area (Å²) in [7, 11) is 0. The van der Waals surface area contributed by atoms with Crippen molar-refractivity contribution in [2.24, 2.45) is 5.92 Å². The van der Waals surface area contributed by atoms with Gasteiger partial charge in [-0.1, -0.05) is 17.7 Å². The van der Waals surface area contributed by atoms with E-state index in [-0.39, 0.29) is 18.0 Å². The largest absolute Gasteiger partial charge is 0.394 e. The first kappa shape index (κ1) is 17.2. The van der Waals surface area contributed by atoms with E-state index in [4.69, 9.17) is 11.6 Å². The molecule has 0 bridgehead atoms. The molecule has 1 saturated heterocycles. The summed E-state index contributed by atoms with van der Waals surface area (Å²) < 4.78 is 13.9. The molecule has 1 aromatic rings. The van der Waals surface area contributed by atoms with E-state index in [1.807, 2.05) is 0 Å². The van der Waals surface area contributed by atoms with E-state index >= 15 is 0 Å². The maximum Gasteiger partial charge on any atom is 0.129 e. The summed E-state index contributed by atoms with van der Waals surface area (Å²) in [6, 6.07) is 5.29. The maximum atomic E-state index is 13.9. The lowest BCUT2D eigenvalue weighted by Gasteiger charge is -2.39. The van der Waals surface area contributed by atoms with Crippen LogP contribution in [-0.2, 0) is 6.54 Å². The molecule has 3 nitrogen and oxygen atoms in total. The number of likely N-dealkylation sites (tertiary alicyclic amines) is 1. The molecule has 0 amide bonds. The summed E-state index contributed by atoms with van der Waals surface area (Å²) in [6.07, 6.45) is 4.48. The molecular weight excluding hydrogens is 315 g/mol. The van der Waals surface area contributed by atoms with Gasteiger partial charge in [-0.3, -0.25) is 4.90 Å². The number of nitrogens with one attached hydrogen (secondary N) is 1. The number of halogens is 2. The highest BCUT2D eigenvalue weighted by Gasteiger charge is 2.42. The van der Waals surface area contributed by atoms with Gasteiger partial charge in [0, 0.05) is 28.7 Å². The molecule has 1 saturated carbocycles. The average molecular weight is 341 g/mol. The second-order valence-electron chi connectivity index (χ2n) is 7.24. The van der Waals surface area contributed by atoms with Gasteiger partial charge >= 0.3 is 0 Å². The molecule has 3 rings (SSSR count). The zero-order valence-corrected chi connectivity index (χ0v) is 14.4. The van der Waals surface area contributed by atoms with E-state index in [0.29, 0.717) is 29.1 Å². The van der Waals surface area contributed by atoms with Crippen molar-refractivity contribution >= 4 is 11.6 Å². The van der Waals surface area contributed by atoms with Gasteiger partial charge in [0.25, 0.3) is 0 Å². The van der Waals surface area contributed by atoms with Gasteiger partial charge in [-0.2, -0.15) is 0 Å². The summed E-state index contributed by atoms with van der Waals surface area (Å²) in [5, 5.41) is 13.9. The van der Waals surface area contributed by atoms with Gasteiger partial charge < -0.3 is 10.4 Å². The van der Waals surface area contributed by atoms with Gasteiger partial charge in [-0.15, -0.1) is 0 Å². The van der Waals surface area contributed by atoms with Crippen LogP contribution in [0, 0.1) is 11.7 Å². The number of aliphatic hydroxyl groups is 1. The molecule has 1 atom stereocenters. The SMILES string of the molecule is CC(CO)(NC1CCN(Cc2c(F)cccc2Cl)CC1)C1CC1. The highest BCUT2D eigenvalue weighted by molar-refractivity contribution is 6.31. The lowest BCUT2D eigenvalue weighted by atomic mass is 9.93. The van der Waals surface area contributed by atoms with Crippen LogP contribution in [0.1, 0.15) is 38.2 Å². The van der Waals surface area contributed by atoms with Crippen LogP contribution in [0.4, 0.5) is 4.39 Å². The van der Waals surface area contributed by atoms with Crippen molar-refractivity contribution in [2.75, 3.05) is 19.7 Å². The van der Waals surface area contributed by atoms with E-state index < -0.39 is 0 Å². The van der Waals surface area contributed by atoms with E-state index in [0.717, 1.165) is 25.9 Å². The quantitative estimate of drug-likeness (QED) is 0.834. The first-order valence-electron chi connectivity index (χ1n) is 8.55. The van der Waals surface area contributed by atoms with Crippen LogP contribution in [0.5, 0.6) is 0 Å². The minimum Gasteiger partial charge on any atom is -0.394 e. The summed E-state index contributed by atoms with van der Waals surface area (Å²) in [5.74, 6) is 0.391. The first-order valence-corrected chi connectivity index (χ1v) is 8.93. The minimum atomic E-state index is -0.223. The topological polar surface area (TPSA) is 35.5 Å². The summed E-state index contributed by atoms with van der Waals surface area (Å²) in [5.41, 5.74) is 0.459. The average Bonchev–Trinajstić information content (AvgIpc) is 3.38. The van der Waals surface area contributed by atoms with Crippen molar-refractivity contribution in [3.05, 3.63) is 34.6 Å². The lowest BCUT2D eigenvalue weighted by molar-refractivity contribution is 0.113. The van der Waals surface area contributed by atoms with E-state index in [9.17, 15) is 9.50 Å². The van der Waals surface area contributed by atoms with Crippen LogP contribution in [0.2, 0.25) is 5.02 Å². The van der Waals surface area contributed by atoms with Crippen molar-refractivity contribution < 1.29 is 9.50 Å². The Hall–Kier alpha value is -0.680. The first-order chi connectivity index (χ1) is 11.0. The third kappa shape index (κ3) is 4.05. The van der Waals surface area contributed by atoms with Crippen LogP contribution in [0.25, 0.3) is 0 Å². The molecule has 1 aliphatic heterocycles. The van der Waals surface area contributed by atoms with Crippen LogP contribution in [0.15, 0.2) is 18.2 Å². The lowest BCUT2D eigenvalue weighted by Crippen LogP contribution is -2.55. The van der Waals surface area contributed by atoms with Crippen LogP contribution in [-0.4, -0.2) is 41.3 Å². The van der Waals surface area contributed by atoms with Crippen molar-refractivity contribution in [1.29, 1.82) is 0 Å². The molecular formula is C18H26ClFN2O. The summed E-state index contributed by atoms with van der Waals surface area (Å²) in [4.78, 5) is 2.26. The Bertz CT molecular complexity index is 524. The number of nitrogens with zero attached hydrogens (tertiary/aromatic N) is 1. The number of rotatable bonds is 6. The van der Waals surface area contributed by atoms with E-state index in [2.05, 4.69) is 17.1 Å². The second kappa shape index (κ2) is 7.06. The normalized spacial score (nSPS) is 23.0. The molecule has 2 fully saturated rings. The van der Waals surface area contributed by atoms with Gasteiger partial charge in [0.15, 0.2) is 0 Å². The molecule has 5 heteroatoms. The summed E-state index contributed by atoms with van der Waals surface area (Å²) in [6.45, 7) is 4.75. The Balaban J connectivity index is 1.52. The number of hydrogen-bond donors (Lipinski definition) is 2. The molecule has 2 aliphatic rings. The van der Waals surface area contributed by atoms with Gasteiger partial charge in [0.05, 0.1) is 6.61 Å². The zero-order valence-electron chi connectivity index (χ0n) is 13.7. The molecule has 0 radical (unpaired) electrons. The minimum absolute atomic E-state index is 0.137. The highest BCUT2D eigenvalue weighted by Crippen LogP contribution is 2.40. The molecule has 0 spiro atoms. The molecule has 0 aromatic heterocycles. The molecule has 1 heterocycles. The predicted octanol–water partition coefficient (Wildman–Crippen LogP) is 3.19. The van der Waals surface area contributed by atoms with Gasteiger partial charge in [0.2, 0.25) is 0 Å². The number of benzene rings is 1. The molecule has 2 N–H and O–H groups in total. The zero-order chi connectivity index (χ0) is 16.4. The van der Waals surface area contributed by atoms with E-state index in [1.165, 1.54) is 18.9 Å². The Kier molecular flexibility index (Phi) is 5.26.